The van der Waals surface area contributed by atoms with Crippen LogP contribution >= 0.6 is 0 Å². The molecule has 7 heteroatoms. The van der Waals surface area contributed by atoms with E-state index in [9.17, 15) is 13.8 Å². The van der Waals surface area contributed by atoms with Gasteiger partial charge in [0.15, 0.2) is 11.0 Å². The smallest absolute Gasteiger partial charge is 0.266 e. The van der Waals surface area contributed by atoms with E-state index in [1.54, 1.807) is 48.5 Å². The molecule has 0 aliphatic heterocycles. The molecule has 2 aromatic rings. The van der Waals surface area contributed by atoms with Gasteiger partial charge >= 0.3 is 0 Å². The number of carbonyl (C=O) groups is 2. The average molecular weight is 360 g/mol. The number of hydrogen-bond acceptors (Lipinski definition) is 4. The van der Waals surface area contributed by atoms with Crippen molar-refractivity contribution in [3.63, 3.8) is 0 Å². The predicted molar refractivity (Wildman–Crippen MR) is 95.9 cm³/mol. The van der Waals surface area contributed by atoms with E-state index in [1.807, 2.05) is 13.8 Å². The van der Waals surface area contributed by atoms with Gasteiger partial charge in [-0.2, -0.15) is 0 Å². The van der Waals surface area contributed by atoms with Gasteiger partial charge < -0.3 is 10.1 Å². The summed E-state index contributed by atoms with van der Waals surface area (Å²) in [5.74, 6) is -0.305. The number of ether oxygens (including phenoxy) is 1. The van der Waals surface area contributed by atoms with E-state index in [1.165, 1.54) is 7.11 Å². The van der Waals surface area contributed by atoms with Crippen molar-refractivity contribution in [3.05, 3.63) is 59.7 Å². The van der Waals surface area contributed by atoms with Crippen molar-refractivity contribution >= 4 is 22.8 Å². The molecule has 1 unspecified atom stereocenters. The highest BCUT2D eigenvalue weighted by Crippen LogP contribution is 2.17. The number of carbonyl (C=O) groups excluding carboxylic acids is 2. The zero-order valence-corrected chi connectivity index (χ0v) is 15.1. The fourth-order valence-electron chi connectivity index (χ4n) is 2.11. The molecule has 0 spiro atoms. The second-order valence-corrected chi connectivity index (χ2v) is 6.77. The molecule has 0 saturated carbocycles. The Bertz CT molecular complexity index is 788. The van der Waals surface area contributed by atoms with Gasteiger partial charge in [-0.3, -0.25) is 14.3 Å². The monoisotopic (exact) mass is 360 g/mol. The summed E-state index contributed by atoms with van der Waals surface area (Å²) in [6.07, 6.45) is 0. The topological polar surface area (TPSA) is 84.5 Å². The van der Waals surface area contributed by atoms with Crippen molar-refractivity contribution in [1.82, 2.24) is 10.0 Å². The molecule has 1 atom stereocenters. The Morgan fingerprint density at radius 2 is 1.64 bits per heavy atom. The van der Waals surface area contributed by atoms with Gasteiger partial charge in [-0.25, -0.2) is 4.21 Å². The summed E-state index contributed by atoms with van der Waals surface area (Å²) in [5, 5.41) is 2.78. The van der Waals surface area contributed by atoms with Gasteiger partial charge in [0.05, 0.1) is 17.6 Å². The van der Waals surface area contributed by atoms with Gasteiger partial charge in [0, 0.05) is 11.6 Å². The molecular formula is C18H20N2O4S. The van der Waals surface area contributed by atoms with Crippen LogP contribution in [0.25, 0.3) is 0 Å². The van der Waals surface area contributed by atoms with E-state index in [0.717, 1.165) is 0 Å². The van der Waals surface area contributed by atoms with E-state index in [2.05, 4.69) is 10.0 Å². The number of benzene rings is 2. The second-order valence-electron chi connectivity index (χ2n) is 5.55. The quantitative estimate of drug-likeness (QED) is 0.828. The Morgan fingerprint density at radius 3 is 2.24 bits per heavy atom. The maximum Gasteiger partial charge on any atom is 0.266 e. The van der Waals surface area contributed by atoms with E-state index >= 15 is 0 Å². The van der Waals surface area contributed by atoms with Crippen LogP contribution < -0.4 is 14.8 Å². The van der Waals surface area contributed by atoms with E-state index < -0.39 is 16.9 Å². The summed E-state index contributed by atoms with van der Waals surface area (Å²) in [7, 11) is -0.281. The molecule has 6 nitrogen and oxygen atoms in total. The van der Waals surface area contributed by atoms with E-state index in [0.29, 0.717) is 21.8 Å². The van der Waals surface area contributed by atoms with Gasteiger partial charge in [0.25, 0.3) is 11.8 Å². The number of methoxy groups -OCH3 is 1. The Labute approximate surface area is 149 Å². The standard InChI is InChI=1S/C18H20N2O4S/c1-12(2)19-17(21)13-8-10-14(11-9-13)25(23)20-18(22)15-6-4-5-7-16(15)24-3/h4-12H,1-3H3,(H,19,21)(H,20,22). The van der Waals surface area contributed by atoms with Gasteiger partial charge in [0.2, 0.25) is 0 Å². The molecule has 0 bridgehead atoms. The summed E-state index contributed by atoms with van der Waals surface area (Å²) in [4.78, 5) is 24.5. The SMILES string of the molecule is COc1ccccc1C(=O)NS(=O)c1ccc(C(=O)NC(C)C)cc1. The average Bonchev–Trinajstić information content (AvgIpc) is 2.61. The van der Waals surface area contributed by atoms with Crippen LogP contribution in [0, 0.1) is 0 Å². The van der Waals surface area contributed by atoms with Crippen LogP contribution in [0.15, 0.2) is 53.4 Å². The summed E-state index contributed by atoms with van der Waals surface area (Å²) >= 11 is 0. The second kappa shape index (κ2) is 8.43. The molecule has 0 saturated heterocycles. The highest BCUT2D eigenvalue weighted by molar-refractivity contribution is 7.83. The lowest BCUT2D eigenvalue weighted by Gasteiger charge is -2.10. The largest absolute Gasteiger partial charge is 0.496 e. The third-order valence-corrected chi connectivity index (χ3v) is 4.36. The fourth-order valence-corrected chi connectivity index (χ4v) is 2.89. The molecule has 2 aromatic carbocycles. The fraction of sp³-hybridized carbons (Fsp3) is 0.222. The molecule has 0 aliphatic carbocycles. The van der Waals surface area contributed by atoms with Crippen molar-refractivity contribution < 1.29 is 18.5 Å². The zero-order chi connectivity index (χ0) is 18.4. The van der Waals surface area contributed by atoms with Gasteiger partial charge in [-0.1, -0.05) is 12.1 Å². The third kappa shape index (κ3) is 4.90. The molecule has 2 amide bonds. The Balaban J connectivity index is 2.08. The lowest BCUT2D eigenvalue weighted by atomic mass is 10.2. The minimum Gasteiger partial charge on any atom is -0.496 e. The van der Waals surface area contributed by atoms with Gasteiger partial charge in [-0.15, -0.1) is 0 Å². The normalized spacial score (nSPS) is 11.7. The first-order valence-corrected chi connectivity index (χ1v) is 8.84. The summed E-state index contributed by atoms with van der Waals surface area (Å²) in [6, 6.07) is 12.9. The number of rotatable bonds is 6. The molecule has 0 fully saturated rings. The summed E-state index contributed by atoms with van der Waals surface area (Å²) < 4.78 is 19.9. The minimum absolute atomic E-state index is 0.0291. The van der Waals surface area contributed by atoms with E-state index in [-0.39, 0.29) is 11.9 Å². The van der Waals surface area contributed by atoms with Crippen molar-refractivity contribution in [2.45, 2.75) is 24.8 Å². The molecule has 0 aromatic heterocycles. The van der Waals surface area contributed by atoms with Crippen LogP contribution in [0.3, 0.4) is 0 Å². The van der Waals surface area contributed by atoms with Crippen LogP contribution in [0.5, 0.6) is 5.75 Å². The molecule has 2 rings (SSSR count). The van der Waals surface area contributed by atoms with Crippen LogP contribution in [0.1, 0.15) is 34.6 Å². The maximum absolute atomic E-state index is 12.3. The van der Waals surface area contributed by atoms with E-state index in [4.69, 9.17) is 4.74 Å². The summed E-state index contributed by atoms with van der Waals surface area (Å²) in [6.45, 7) is 3.74. The van der Waals surface area contributed by atoms with Crippen molar-refractivity contribution in [2.75, 3.05) is 7.11 Å². The van der Waals surface area contributed by atoms with Crippen LogP contribution in [-0.4, -0.2) is 29.2 Å². The zero-order valence-electron chi connectivity index (χ0n) is 14.2. The first-order valence-electron chi connectivity index (χ1n) is 7.69. The Morgan fingerprint density at radius 1 is 1.00 bits per heavy atom. The predicted octanol–water partition coefficient (Wildman–Crippen LogP) is 2.29. The highest BCUT2D eigenvalue weighted by Gasteiger charge is 2.15. The van der Waals surface area contributed by atoms with Crippen LogP contribution in [-0.2, 0) is 11.0 Å². The Hall–Kier alpha value is -2.67. The summed E-state index contributed by atoms with van der Waals surface area (Å²) in [5.41, 5.74) is 0.761. The molecular weight excluding hydrogens is 340 g/mol. The number of amides is 2. The third-order valence-electron chi connectivity index (χ3n) is 3.29. The number of para-hydroxylation sites is 1. The van der Waals surface area contributed by atoms with Crippen molar-refractivity contribution in [1.29, 1.82) is 0 Å². The lowest BCUT2D eigenvalue weighted by Crippen LogP contribution is -2.30. The minimum atomic E-state index is -1.74. The maximum atomic E-state index is 12.3. The molecule has 0 heterocycles. The Kier molecular flexibility index (Phi) is 6.30. The number of hydrogen-bond donors (Lipinski definition) is 2. The molecule has 132 valence electrons. The van der Waals surface area contributed by atoms with Crippen molar-refractivity contribution in [3.8, 4) is 5.75 Å². The van der Waals surface area contributed by atoms with Crippen LogP contribution in [0.2, 0.25) is 0 Å². The van der Waals surface area contributed by atoms with Crippen molar-refractivity contribution in [2.24, 2.45) is 0 Å². The molecule has 25 heavy (non-hydrogen) atoms. The highest BCUT2D eigenvalue weighted by atomic mass is 32.2. The lowest BCUT2D eigenvalue weighted by molar-refractivity contribution is 0.0941. The molecule has 0 radical (unpaired) electrons. The first kappa shape index (κ1) is 18.7. The first-order chi connectivity index (χ1) is 11.9. The number of nitrogens with one attached hydrogen (secondary N) is 2. The van der Waals surface area contributed by atoms with Gasteiger partial charge in [-0.05, 0) is 50.2 Å². The molecule has 2 N–H and O–H groups in total. The van der Waals surface area contributed by atoms with Gasteiger partial charge in [0.1, 0.15) is 5.75 Å². The molecule has 0 aliphatic rings. The van der Waals surface area contributed by atoms with Crippen LogP contribution in [0.4, 0.5) is 0 Å².